The molecular formula is C15H22FN3. The molecule has 0 amide bonds. The van der Waals surface area contributed by atoms with E-state index in [1.54, 1.807) is 6.92 Å². The molecule has 0 atom stereocenters. The molecule has 0 spiro atoms. The van der Waals surface area contributed by atoms with Gasteiger partial charge in [-0.3, -0.25) is 4.99 Å². The van der Waals surface area contributed by atoms with Crippen LogP contribution in [-0.4, -0.2) is 19.3 Å². The fourth-order valence-electron chi connectivity index (χ4n) is 2.51. The first-order valence-electron chi connectivity index (χ1n) is 6.87. The van der Waals surface area contributed by atoms with E-state index >= 15 is 0 Å². The van der Waals surface area contributed by atoms with Crippen molar-refractivity contribution in [3.63, 3.8) is 0 Å². The summed E-state index contributed by atoms with van der Waals surface area (Å²) in [4.78, 5) is 4.45. The first-order valence-corrected chi connectivity index (χ1v) is 6.87. The molecule has 19 heavy (non-hydrogen) atoms. The minimum atomic E-state index is -0.136. The molecular weight excluding hydrogens is 241 g/mol. The van der Waals surface area contributed by atoms with Gasteiger partial charge in [-0.15, -0.1) is 0 Å². The second-order valence-electron chi connectivity index (χ2n) is 5.28. The van der Waals surface area contributed by atoms with Crippen LogP contribution in [0.5, 0.6) is 0 Å². The van der Waals surface area contributed by atoms with Gasteiger partial charge < -0.3 is 10.6 Å². The highest BCUT2D eigenvalue weighted by Crippen LogP contribution is 2.28. The molecule has 0 unspecified atom stereocenters. The molecule has 0 saturated heterocycles. The summed E-state index contributed by atoms with van der Waals surface area (Å²) < 4.78 is 13.4. The summed E-state index contributed by atoms with van der Waals surface area (Å²) >= 11 is 0. The molecule has 2 N–H and O–H groups in total. The van der Waals surface area contributed by atoms with Crippen molar-refractivity contribution in [2.75, 3.05) is 13.1 Å². The highest BCUT2D eigenvalue weighted by atomic mass is 19.1. The first-order chi connectivity index (χ1) is 9.04. The first kappa shape index (κ1) is 13.8. The molecule has 2 aliphatic heterocycles. The van der Waals surface area contributed by atoms with E-state index in [9.17, 15) is 4.39 Å². The van der Waals surface area contributed by atoms with Gasteiger partial charge in [-0.25, -0.2) is 4.39 Å². The van der Waals surface area contributed by atoms with Gasteiger partial charge in [0.2, 0.25) is 0 Å². The second kappa shape index (κ2) is 5.59. The van der Waals surface area contributed by atoms with Crippen molar-refractivity contribution in [2.24, 2.45) is 10.9 Å². The highest BCUT2D eigenvalue weighted by Gasteiger charge is 2.21. The van der Waals surface area contributed by atoms with Gasteiger partial charge in [0, 0.05) is 17.5 Å². The average Bonchev–Trinajstić information content (AvgIpc) is 2.40. The van der Waals surface area contributed by atoms with Gasteiger partial charge in [-0.05, 0) is 30.4 Å². The van der Waals surface area contributed by atoms with Crippen LogP contribution in [0.1, 0.15) is 34.1 Å². The van der Waals surface area contributed by atoms with E-state index in [1.807, 2.05) is 6.21 Å². The molecule has 0 aromatic heterocycles. The SMILES string of the molecule is CCC1=C(C(C)C)CN=CC1=C1NCC(F)=C(C)N1. The van der Waals surface area contributed by atoms with Crippen molar-refractivity contribution < 1.29 is 4.39 Å². The zero-order valence-corrected chi connectivity index (χ0v) is 12.1. The highest BCUT2D eigenvalue weighted by molar-refractivity contribution is 5.87. The van der Waals surface area contributed by atoms with Crippen molar-refractivity contribution in [3.05, 3.63) is 34.1 Å². The lowest BCUT2D eigenvalue weighted by Crippen LogP contribution is -2.35. The maximum Gasteiger partial charge on any atom is 0.138 e. The van der Waals surface area contributed by atoms with Gasteiger partial charge in [0.15, 0.2) is 0 Å². The fourth-order valence-corrected chi connectivity index (χ4v) is 2.51. The number of allylic oxidation sites excluding steroid dienone is 3. The van der Waals surface area contributed by atoms with Crippen molar-refractivity contribution >= 4 is 6.21 Å². The molecule has 4 heteroatoms. The molecule has 0 aromatic carbocycles. The van der Waals surface area contributed by atoms with E-state index < -0.39 is 0 Å². The lowest BCUT2D eigenvalue weighted by Gasteiger charge is -2.27. The van der Waals surface area contributed by atoms with E-state index in [0.717, 1.165) is 24.4 Å². The Labute approximate surface area is 114 Å². The Bertz CT molecular complexity index is 496. The Morgan fingerprint density at radius 2 is 2.16 bits per heavy atom. The number of aliphatic imine (C=N–C) groups is 1. The van der Waals surface area contributed by atoms with Crippen molar-refractivity contribution in [3.8, 4) is 0 Å². The molecule has 0 saturated carbocycles. The van der Waals surface area contributed by atoms with Gasteiger partial charge in [0.1, 0.15) is 11.6 Å². The number of nitrogens with zero attached hydrogens (tertiary/aromatic N) is 1. The minimum absolute atomic E-state index is 0.136. The summed E-state index contributed by atoms with van der Waals surface area (Å²) in [5, 5.41) is 6.21. The molecule has 0 bridgehead atoms. The van der Waals surface area contributed by atoms with Crippen LogP contribution in [0.25, 0.3) is 0 Å². The summed E-state index contributed by atoms with van der Waals surface area (Å²) in [5.74, 6) is 1.22. The zero-order valence-electron chi connectivity index (χ0n) is 12.1. The van der Waals surface area contributed by atoms with Crippen LogP contribution in [0.15, 0.2) is 39.1 Å². The second-order valence-corrected chi connectivity index (χ2v) is 5.28. The minimum Gasteiger partial charge on any atom is -0.365 e. The third-order valence-electron chi connectivity index (χ3n) is 3.65. The number of halogens is 1. The van der Waals surface area contributed by atoms with Crippen LogP contribution in [-0.2, 0) is 0 Å². The summed E-state index contributed by atoms with van der Waals surface area (Å²) in [6.45, 7) is 9.33. The van der Waals surface area contributed by atoms with E-state index in [1.165, 1.54) is 11.1 Å². The number of hydrogen-bond donors (Lipinski definition) is 2. The van der Waals surface area contributed by atoms with Crippen molar-refractivity contribution in [1.29, 1.82) is 0 Å². The predicted octanol–water partition coefficient (Wildman–Crippen LogP) is 3.04. The largest absolute Gasteiger partial charge is 0.365 e. The van der Waals surface area contributed by atoms with E-state index in [-0.39, 0.29) is 12.4 Å². The molecule has 3 nitrogen and oxygen atoms in total. The maximum absolute atomic E-state index is 13.4. The molecule has 0 aromatic rings. The Kier molecular flexibility index (Phi) is 4.08. The van der Waals surface area contributed by atoms with Crippen LogP contribution >= 0.6 is 0 Å². The Morgan fingerprint density at radius 1 is 1.42 bits per heavy atom. The summed E-state index contributed by atoms with van der Waals surface area (Å²) in [6.07, 6.45) is 2.86. The van der Waals surface area contributed by atoms with Gasteiger partial charge in [0.05, 0.1) is 13.1 Å². The lowest BCUT2D eigenvalue weighted by atomic mass is 9.89. The van der Waals surface area contributed by atoms with Gasteiger partial charge >= 0.3 is 0 Å². The Balaban J connectivity index is 2.43. The zero-order chi connectivity index (χ0) is 14.0. The summed E-state index contributed by atoms with van der Waals surface area (Å²) in [6, 6.07) is 0. The fraction of sp³-hybridized carbons (Fsp3) is 0.533. The standard InChI is InChI=1S/C15H22FN3/c1-5-11-12(9(2)3)6-17-7-13(11)15-18-8-14(16)10(4)19-15/h7,9,18-19H,5-6,8H2,1-4H3. The number of nitrogens with one attached hydrogen (secondary N) is 2. The number of dihydropyridines is 1. The Morgan fingerprint density at radius 3 is 2.74 bits per heavy atom. The molecule has 2 heterocycles. The monoisotopic (exact) mass is 263 g/mol. The molecule has 2 rings (SSSR count). The molecule has 104 valence electrons. The van der Waals surface area contributed by atoms with Crippen LogP contribution in [0.3, 0.4) is 0 Å². The maximum atomic E-state index is 13.4. The van der Waals surface area contributed by atoms with Crippen LogP contribution in [0.4, 0.5) is 4.39 Å². The number of rotatable bonds is 2. The van der Waals surface area contributed by atoms with E-state index in [4.69, 9.17) is 0 Å². The average molecular weight is 263 g/mol. The van der Waals surface area contributed by atoms with Gasteiger partial charge in [-0.2, -0.15) is 0 Å². The predicted molar refractivity (Wildman–Crippen MR) is 77.5 cm³/mol. The van der Waals surface area contributed by atoms with E-state index in [0.29, 0.717) is 11.6 Å². The van der Waals surface area contributed by atoms with Crippen LogP contribution in [0, 0.1) is 5.92 Å². The Hall–Kier alpha value is -1.58. The van der Waals surface area contributed by atoms with Crippen LogP contribution in [0.2, 0.25) is 0 Å². The van der Waals surface area contributed by atoms with Crippen LogP contribution < -0.4 is 10.6 Å². The summed E-state index contributed by atoms with van der Waals surface area (Å²) in [5.41, 5.74) is 4.37. The van der Waals surface area contributed by atoms with Crippen molar-refractivity contribution in [2.45, 2.75) is 34.1 Å². The normalized spacial score (nSPS) is 23.9. The summed E-state index contributed by atoms with van der Waals surface area (Å²) in [7, 11) is 0. The van der Waals surface area contributed by atoms with E-state index in [2.05, 4.69) is 36.4 Å². The van der Waals surface area contributed by atoms with Crippen molar-refractivity contribution in [1.82, 2.24) is 10.6 Å². The lowest BCUT2D eigenvalue weighted by molar-refractivity contribution is 0.536. The molecule has 0 aliphatic carbocycles. The number of hydrogen-bond acceptors (Lipinski definition) is 3. The molecule has 0 radical (unpaired) electrons. The molecule has 2 aliphatic rings. The topological polar surface area (TPSA) is 36.4 Å². The van der Waals surface area contributed by atoms with Gasteiger partial charge in [0.25, 0.3) is 0 Å². The molecule has 0 fully saturated rings. The quantitative estimate of drug-likeness (QED) is 0.803. The third kappa shape index (κ3) is 2.72. The third-order valence-corrected chi connectivity index (χ3v) is 3.65. The smallest absolute Gasteiger partial charge is 0.138 e. The van der Waals surface area contributed by atoms with Gasteiger partial charge in [-0.1, -0.05) is 20.8 Å².